The first-order valence-corrected chi connectivity index (χ1v) is 9.43. The summed E-state index contributed by atoms with van der Waals surface area (Å²) >= 11 is 0. The number of hydrogen-bond donors (Lipinski definition) is 2. The molecule has 2 aliphatic heterocycles. The van der Waals surface area contributed by atoms with Crippen LogP contribution in [-0.2, 0) is 15.0 Å². The minimum absolute atomic E-state index is 0.148. The van der Waals surface area contributed by atoms with Crippen molar-refractivity contribution >= 4 is 11.9 Å². The predicted molar refractivity (Wildman–Crippen MR) is 102 cm³/mol. The lowest BCUT2D eigenvalue weighted by Gasteiger charge is -2.43. The average Bonchev–Trinajstić information content (AvgIpc) is 3.08. The highest BCUT2D eigenvalue weighted by Crippen LogP contribution is 2.37. The number of carbonyl (C=O) groups excluding carboxylic acids is 1. The lowest BCUT2D eigenvalue weighted by molar-refractivity contribution is -0.155. The van der Waals surface area contributed by atoms with Crippen molar-refractivity contribution in [3.05, 3.63) is 71.8 Å². The van der Waals surface area contributed by atoms with E-state index in [0.717, 1.165) is 24.0 Å². The van der Waals surface area contributed by atoms with Gasteiger partial charge in [-0.05, 0) is 30.9 Å². The summed E-state index contributed by atoms with van der Waals surface area (Å²) in [5.41, 5.74) is 0.805. The van der Waals surface area contributed by atoms with Gasteiger partial charge < -0.3 is 15.3 Å². The summed E-state index contributed by atoms with van der Waals surface area (Å²) < 4.78 is 0. The van der Waals surface area contributed by atoms with Crippen LogP contribution in [0.1, 0.15) is 30.9 Å². The van der Waals surface area contributed by atoms with Gasteiger partial charge in [0.15, 0.2) is 0 Å². The number of carboxylic acid groups (broad SMARTS) is 1. The molecule has 0 aliphatic carbocycles. The predicted octanol–water partition coefficient (Wildman–Crippen LogP) is 2.41. The number of amides is 1. The fourth-order valence-electron chi connectivity index (χ4n) is 4.57. The van der Waals surface area contributed by atoms with Gasteiger partial charge in [0.25, 0.3) is 0 Å². The van der Waals surface area contributed by atoms with Crippen LogP contribution in [0.4, 0.5) is 0 Å². The molecule has 0 radical (unpaired) electrons. The van der Waals surface area contributed by atoms with Crippen molar-refractivity contribution in [2.75, 3.05) is 6.54 Å². The van der Waals surface area contributed by atoms with Gasteiger partial charge in [-0.3, -0.25) is 4.79 Å². The molecule has 2 N–H and O–H groups in total. The number of rotatable bonds is 4. The molecule has 2 aromatic rings. The standard InChI is InChI=1S/C22H24N2O3/c1-22(15-8-4-2-5-9-15,16-10-6-3-7-11-16)21(27)24-14-17-12-13-18(23-17)19(24)20(25)26/h2-11,17-19,23H,12-14H2,1H3,(H,25,26). The van der Waals surface area contributed by atoms with Crippen molar-refractivity contribution < 1.29 is 14.7 Å². The van der Waals surface area contributed by atoms with Gasteiger partial charge in [0.05, 0.1) is 5.41 Å². The molecule has 2 saturated heterocycles. The Morgan fingerprint density at radius 2 is 1.56 bits per heavy atom. The molecule has 0 spiro atoms. The van der Waals surface area contributed by atoms with E-state index in [9.17, 15) is 14.7 Å². The van der Waals surface area contributed by atoms with Gasteiger partial charge in [-0.25, -0.2) is 4.79 Å². The van der Waals surface area contributed by atoms with Crippen LogP contribution >= 0.6 is 0 Å². The molecule has 2 aromatic carbocycles. The van der Waals surface area contributed by atoms with Crippen LogP contribution in [-0.4, -0.2) is 46.6 Å². The van der Waals surface area contributed by atoms with Crippen molar-refractivity contribution in [2.45, 2.75) is 43.3 Å². The zero-order valence-corrected chi connectivity index (χ0v) is 15.3. The highest BCUT2D eigenvalue weighted by atomic mass is 16.4. The molecular weight excluding hydrogens is 340 g/mol. The fourth-order valence-corrected chi connectivity index (χ4v) is 4.57. The van der Waals surface area contributed by atoms with Gasteiger partial charge in [-0.1, -0.05) is 60.7 Å². The lowest BCUT2D eigenvalue weighted by Crippen LogP contribution is -2.65. The Morgan fingerprint density at radius 1 is 1.00 bits per heavy atom. The number of nitrogens with one attached hydrogen (secondary N) is 1. The van der Waals surface area contributed by atoms with Crippen molar-refractivity contribution in [2.24, 2.45) is 0 Å². The molecule has 4 rings (SSSR count). The zero-order valence-electron chi connectivity index (χ0n) is 15.3. The third kappa shape index (κ3) is 2.92. The first-order chi connectivity index (χ1) is 13.0. The van der Waals surface area contributed by atoms with Crippen LogP contribution in [0.3, 0.4) is 0 Å². The largest absolute Gasteiger partial charge is 0.480 e. The summed E-state index contributed by atoms with van der Waals surface area (Å²) in [5.74, 6) is -1.09. The van der Waals surface area contributed by atoms with Gasteiger partial charge in [0.1, 0.15) is 6.04 Å². The molecule has 2 fully saturated rings. The van der Waals surface area contributed by atoms with Crippen LogP contribution in [0, 0.1) is 0 Å². The molecule has 2 aliphatic rings. The normalized spacial score (nSPS) is 24.6. The summed E-state index contributed by atoms with van der Waals surface area (Å²) in [7, 11) is 0. The summed E-state index contributed by atoms with van der Waals surface area (Å²) in [6.07, 6.45) is 1.70. The van der Waals surface area contributed by atoms with Crippen molar-refractivity contribution in [1.82, 2.24) is 10.2 Å². The average molecular weight is 364 g/mol. The summed E-state index contributed by atoms with van der Waals surface area (Å²) in [6, 6.07) is 18.4. The van der Waals surface area contributed by atoms with E-state index in [2.05, 4.69) is 5.32 Å². The van der Waals surface area contributed by atoms with E-state index in [4.69, 9.17) is 0 Å². The molecule has 2 heterocycles. The van der Waals surface area contributed by atoms with Gasteiger partial charge in [0, 0.05) is 18.6 Å². The molecule has 3 atom stereocenters. The Bertz CT molecular complexity index is 798. The quantitative estimate of drug-likeness (QED) is 0.874. The van der Waals surface area contributed by atoms with Gasteiger partial charge >= 0.3 is 5.97 Å². The number of likely N-dealkylation sites (tertiary alicyclic amines) is 1. The first kappa shape index (κ1) is 17.7. The third-order valence-electron chi connectivity index (χ3n) is 6.05. The number of nitrogens with zero attached hydrogens (tertiary/aromatic N) is 1. The van der Waals surface area contributed by atoms with Crippen LogP contribution < -0.4 is 5.32 Å². The maximum Gasteiger partial charge on any atom is 0.328 e. The second-order valence-corrected chi connectivity index (χ2v) is 7.65. The minimum Gasteiger partial charge on any atom is -0.480 e. The third-order valence-corrected chi connectivity index (χ3v) is 6.05. The molecule has 27 heavy (non-hydrogen) atoms. The Hall–Kier alpha value is -2.66. The molecule has 3 unspecified atom stereocenters. The SMILES string of the molecule is CC(C(=O)N1CC2CCC(N2)C1C(=O)O)(c1ccccc1)c1ccccc1. The number of aliphatic carboxylic acids is 1. The monoisotopic (exact) mass is 364 g/mol. The Morgan fingerprint density at radius 3 is 2.07 bits per heavy atom. The topological polar surface area (TPSA) is 69.6 Å². The number of benzene rings is 2. The molecule has 0 aromatic heterocycles. The Kier molecular flexibility index (Phi) is 4.48. The number of carboxylic acids is 1. The van der Waals surface area contributed by atoms with E-state index in [-0.39, 0.29) is 18.0 Å². The maximum atomic E-state index is 13.9. The van der Waals surface area contributed by atoms with Crippen LogP contribution in [0.25, 0.3) is 0 Å². The molecule has 140 valence electrons. The fraction of sp³-hybridized carbons (Fsp3) is 0.364. The van der Waals surface area contributed by atoms with Crippen molar-refractivity contribution in [3.8, 4) is 0 Å². The van der Waals surface area contributed by atoms with Crippen LogP contribution in [0.15, 0.2) is 60.7 Å². The Labute approximate surface area is 159 Å². The molecule has 0 saturated carbocycles. The van der Waals surface area contributed by atoms with Gasteiger partial charge in [-0.15, -0.1) is 0 Å². The van der Waals surface area contributed by atoms with Crippen LogP contribution in [0.5, 0.6) is 0 Å². The number of piperazine rings is 1. The van der Waals surface area contributed by atoms with E-state index < -0.39 is 17.4 Å². The van der Waals surface area contributed by atoms with Crippen molar-refractivity contribution in [3.63, 3.8) is 0 Å². The highest BCUT2D eigenvalue weighted by molar-refractivity contribution is 5.95. The molecular formula is C22H24N2O3. The number of fused-ring (bicyclic) bond motifs is 2. The highest BCUT2D eigenvalue weighted by Gasteiger charge is 2.50. The number of hydrogen-bond acceptors (Lipinski definition) is 3. The summed E-state index contributed by atoms with van der Waals surface area (Å²) in [6.45, 7) is 2.34. The molecule has 2 bridgehead atoms. The van der Waals surface area contributed by atoms with Crippen LogP contribution in [0.2, 0.25) is 0 Å². The lowest BCUT2D eigenvalue weighted by atomic mass is 9.74. The second-order valence-electron chi connectivity index (χ2n) is 7.65. The van der Waals surface area contributed by atoms with Gasteiger partial charge in [0.2, 0.25) is 5.91 Å². The summed E-state index contributed by atoms with van der Waals surface area (Å²) in [5, 5.41) is 13.2. The minimum atomic E-state index is -0.940. The van der Waals surface area contributed by atoms with E-state index in [1.54, 1.807) is 4.90 Å². The molecule has 5 heteroatoms. The number of carbonyl (C=O) groups is 2. The Balaban J connectivity index is 1.81. The second kappa shape index (κ2) is 6.82. The molecule has 1 amide bonds. The zero-order chi connectivity index (χ0) is 19.0. The summed E-state index contributed by atoms with van der Waals surface area (Å²) in [4.78, 5) is 27.5. The smallest absolute Gasteiger partial charge is 0.328 e. The van der Waals surface area contributed by atoms with E-state index in [0.29, 0.717) is 6.54 Å². The maximum absolute atomic E-state index is 13.9. The van der Waals surface area contributed by atoms with Gasteiger partial charge in [-0.2, -0.15) is 0 Å². The van der Waals surface area contributed by atoms with E-state index >= 15 is 0 Å². The first-order valence-electron chi connectivity index (χ1n) is 9.43. The molecule has 5 nitrogen and oxygen atoms in total. The van der Waals surface area contributed by atoms with E-state index in [1.807, 2.05) is 67.6 Å². The van der Waals surface area contributed by atoms with Crippen molar-refractivity contribution in [1.29, 1.82) is 0 Å². The van der Waals surface area contributed by atoms with E-state index in [1.165, 1.54) is 0 Å².